The molecule has 0 atom stereocenters. The van der Waals surface area contributed by atoms with Crippen LogP contribution in [0.2, 0.25) is 0 Å². The van der Waals surface area contributed by atoms with Crippen molar-refractivity contribution in [3.63, 3.8) is 0 Å². The highest BCUT2D eigenvalue weighted by Crippen LogP contribution is 2.39. The summed E-state index contributed by atoms with van der Waals surface area (Å²) in [6.07, 6.45) is 1.82. The molecule has 0 fully saturated rings. The molecular formula is C17H20N2O5S. The van der Waals surface area contributed by atoms with E-state index in [1.165, 1.54) is 6.07 Å². The van der Waals surface area contributed by atoms with Crippen molar-refractivity contribution in [2.75, 3.05) is 11.9 Å². The Balaban J connectivity index is 2.55. The summed E-state index contributed by atoms with van der Waals surface area (Å²) in [4.78, 5) is 10.4. The molecule has 0 spiro atoms. The van der Waals surface area contributed by atoms with E-state index < -0.39 is 10.0 Å². The number of hydrogen-bond donors (Lipinski definition) is 2. The molecule has 0 saturated carbocycles. The van der Waals surface area contributed by atoms with Crippen molar-refractivity contribution in [1.29, 1.82) is 0 Å². The molecule has 2 aromatic carbocycles. The lowest BCUT2D eigenvalue weighted by atomic mass is 10.2. The van der Waals surface area contributed by atoms with E-state index in [0.717, 1.165) is 18.9 Å². The van der Waals surface area contributed by atoms with Gasteiger partial charge in [0.05, 0.1) is 5.69 Å². The van der Waals surface area contributed by atoms with Crippen LogP contribution in [-0.2, 0) is 14.8 Å². The van der Waals surface area contributed by atoms with Crippen LogP contribution in [0.25, 0.3) is 0 Å². The van der Waals surface area contributed by atoms with Crippen molar-refractivity contribution < 1.29 is 22.7 Å². The maximum Gasteiger partial charge on any atom is 0.298 e. The lowest BCUT2D eigenvalue weighted by Crippen LogP contribution is -2.15. The van der Waals surface area contributed by atoms with Crippen LogP contribution in [0.15, 0.2) is 47.4 Å². The molecule has 0 saturated heterocycles. The normalized spacial score (nSPS) is 11.0. The average molecular weight is 364 g/mol. The summed E-state index contributed by atoms with van der Waals surface area (Å²) in [5, 5.41) is 8.43. The number of para-hydroxylation sites is 1. The molecular weight excluding hydrogens is 344 g/mol. The monoisotopic (exact) mass is 364 g/mol. The van der Waals surface area contributed by atoms with Gasteiger partial charge in [-0.1, -0.05) is 31.5 Å². The number of primary sulfonamides is 1. The first kappa shape index (κ1) is 18.8. The van der Waals surface area contributed by atoms with E-state index in [0.29, 0.717) is 18.0 Å². The minimum Gasteiger partial charge on any atom is -0.454 e. The van der Waals surface area contributed by atoms with Gasteiger partial charge in [-0.25, -0.2) is 13.6 Å². The third kappa shape index (κ3) is 5.20. The van der Waals surface area contributed by atoms with Gasteiger partial charge in [0.2, 0.25) is 10.0 Å². The van der Waals surface area contributed by atoms with Gasteiger partial charge >= 0.3 is 0 Å². The van der Waals surface area contributed by atoms with Gasteiger partial charge < -0.3 is 14.8 Å². The molecule has 8 heteroatoms. The topological polar surface area (TPSA) is 108 Å². The Morgan fingerprint density at radius 1 is 1.16 bits per heavy atom. The number of nitrogens with one attached hydrogen (secondary N) is 1. The summed E-state index contributed by atoms with van der Waals surface area (Å²) >= 11 is 0. The van der Waals surface area contributed by atoms with E-state index >= 15 is 0 Å². The second-order valence-electron chi connectivity index (χ2n) is 5.25. The predicted octanol–water partition coefficient (Wildman–Crippen LogP) is 2.87. The van der Waals surface area contributed by atoms with Crippen LogP contribution in [0.1, 0.15) is 19.8 Å². The number of benzene rings is 2. The summed E-state index contributed by atoms with van der Waals surface area (Å²) < 4.78 is 34.6. The molecule has 0 bridgehead atoms. The Morgan fingerprint density at radius 2 is 1.88 bits per heavy atom. The van der Waals surface area contributed by atoms with Crippen LogP contribution in [-0.4, -0.2) is 21.4 Å². The molecule has 0 aliphatic heterocycles. The van der Waals surface area contributed by atoms with Crippen LogP contribution >= 0.6 is 0 Å². The van der Waals surface area contributed by atoms with Crippen molar-refractivity contribution in [3.8, 4) is 17.2 Å². The first-order valence-electron chi connectivity index (χ1n) is 7.73. The van der Waals surface area contributed by atoms with Crippen LogP contribution in [0.5, 0.6) is 17.2 Å². The van der Waals surface area contributed by atoms with Crippen LogP contribution in [0.4, 0.5) is 5.69 Å². The van der Waals surface area contributed by atoms with Gasteiger partial charge in [0, 0.05) is 18.7 Å². The van der Waals surface area contributed by atoms with Crippen LogP contribution < -0.4 is 19.9 Å². The first-order chi connectivity index (χ1) is 12.0. The molecule has 0 heterocycles. The van der Waals surface area contributed by atoms with Crippen molar-refractivity contribution in [2.24, 2.45) is 5.14 Å². The standard InChI is InChI=1S/C17H20N2O5S/c1-2-3-9-19-15-10-14(23-12-20)11-16(25(18,21)22)17(15)24-13-7-5-4-6-8-13/h4-8,10-12,19H,2-3,9H2,1H3,(H2,18,21,22). The van der Waals surface area contributed by atoms with E-state index in [2.05, 4.69) is 5.32 Å². The Labute approximate surface area is 146 Å². The SMILES string of the molecule is CCCCNc1cc(OC=O)cc(S(N)(=O)=O)c1Oc1ccccc1. The number of anilines is 1. The maximum atomic E-state index is 12.0. The Kier molecular flexibility index (Phi) is 6.37. The minimum atomic E-state index is -4.11. The smallest absolute Gasteiger partial charge is 0.298 e. The number of carbonyl (C=O) groups is 1. The molecule has 134 valence electrons. The van der Waals surface area contributed by atoms with E-state index in [1.54, 1.807) is 24.3 Å². The largest absolute Gasteiger partial charge is 0.454 e. The summed E-state index contributed by atoms with van der Waals surface area (Å²) in [7, 11) is -4.11. The van der Waals surface area contributed by atoms with Crippen molar-refractivity contribution in [1.82, 2.24) is 0 Å². The fourth-order valence-electron chi connectivity index (χ4n) is 2.15. The Morgan fingerprint density at radius 3 is 2.48 bits per heavy atom. The zero-order chi connectivity index (χ0) is 18.3. The molecule has 0 unspecified atom stereocenters. The average Bonchev–Trinajstić information content (AvgIpc) is 2.57. The number of hydrogen-bond acceptors (Lipinski definition) is 6. The number of ether oxygens (including phenoxy) is 2. The highest BCUT2D eigenvalue weighted by molar-refractivity contribution is 7.89. The highest BCUT2D eigenvalue weighted by Gasteiger charge is 2.22. The second-order valence-corrected chi connectivity index (χ2v) is 6.78. The zero-order valence-electron chi connectivity index (χ0n) is 13.8. The molecule has 25 heavy (non-hydrogen) atoms. The molecule has 0 amide bonds. The zero-order valence-corrected chi connectivity index (χ0v) is 14.6. The van der Waals surface area contributed by atoms with E-state index in [-0.39, 0.29) is 22.9 Å². The van der Waals surface area contributed by atoms with Gasteiger partial charge in [-0.3, -0.25) is 4.79 Å². The number of sulfonamides is 1. The minimum absolute atomic E-state index is 0.0541. The Hall–Kier alpha value is -2.58. The third-order valence-electron chi connectivity index (χ3n) is 3.33. The fourth-order valence-corrected chi connectivity index (χ4v) is 2.85. The van der Waals surface area contributed by atoms with E-state index in [9.17, 15) is 13.2 Å². The first-order valence-corrected chi connectivity index (χ1v) is 9.28. The number of carbonyl (C=O) groups excluding carboxylic acids is 1. The van der Waals surface area contributed by atoms with Gasteiger partial charge in [-0.15, -0.1) is 0 Å². The Bertz CT molecular complexity index is 822. The molecule has 0 aliphatic carbocycles. The molecule has 7 nitrogen and oxygen atoms in total. The second kappa shape index (κ2) is 8.50. The highest BCUT2D eigenvalue weighted by atomic mass is 32.2. The molecule has 0 aliphatic rings. The quantitative estimate of drug-likeness (QED) is 0.523. The summed E-state index contributed by atoms with van der Waals surface area (Å²) in [6.45, 7) is 2.84. The van der Waals surface area contributed by atoms with Crippen LogP contribution in [0.3, 0.4) is 0 Å². The van der Waals surface area contributed by atoms with Crippen molar-refractivity contribution in [3.05, 3.63) is 42.5 Å². The van der Waals surface area contributed by atoms with Crippen LogP contribution in [0, 0.1) is 0 Å². The van der Waals surface area contributed by atoms with E-state index in [1.807, 2.05) is 13.0 Å². The third-order valence-corrected chi connectivity index (χ3v) is 4.24. The molecule has 2 rings (SSSR count). The van der Waals surface area contributed by atoms with Crippen molar-refractivity contribution >= 4 is 22.2 Å². The molecule has 3 N–H and O–H groups in total. The molecule has 2 aromatic rings. The van der Waals surface area contributed by atoms with Crippen molar-refractivity contribution in [2.45, 2.75) is 24.7 Å². The van der Waals surface area contributed by atoms with Gasteiger partial charge in [-0.2, -0.15) is 0 Å². The lowest BCUT2D eigenvalue weighted by Gasteiger charge is -2.17. The van der Waals surface area contributed by atoms with Gasteiger partial charge in [-0.05, 0) is 18.6 Å². The van der Waals surface area contributed by atoms with Gasteiger partial charge in [0.15, 0.2) is 5.75 Å². The summed E-state index contributed by atoms with van der Waals surface area (Å²) in [5.41, 5.74) is 0.376. The number of rotatable bonds is 9. The van der Waals surface area contributed by atoms with Gasteiger partial charge in [0.25, 0.3) is 6.47 Å². The summed E-state index contributed by atoms with van der Waals surface area (Å²) in [5.74, 6) is 0.566. The summed E-state index contributed by atoms with van der Waals surface area (Å²) in [6, 6.07) is 11.4. The number of nitrogens with two attached hydrogens (primary N) is 1. The maximum absolute atomic E-state index is 12.0. The molecule has 0 aromatic heterocycles. The molecule has 0 radical (unpaired) electrons. The fraction of sp³-hybridized carbons (Fsp3) is 0.235. The van der Waals surface area contributed by atoms with E-state index in [4.69, 9.17) is 14.6 Å². The predicted molar refractivity (Wildman–Crippen MR) is 94.4 cm³/mol. The number of unbranched alkanes of at least 4 members (excludes halogenated alkanes) is 1. The van der Waals surface area contributed by atoms with Gasteiger partial charge in [0.1, 0.15) is 16.4 Å². The lowest BCUT2D eigenvalue weighted by molar-refractivity contribution is -0.120.